The molecule has 0 saturated carbocycles. The topological polar surface area (TPSA) is 60.5 Å². The summed E-state index contributed by atoms with van der Waals surface area (Å²) in [5, 5.41) is 6.32. The fourth-order valence-electron chi connectivity index (χ4n) is 3.70. The Kier molecular flexibility index (Phi) is 6.64. The molecule has 6 nitrogen and oxygen atoms in total. The highest BCUT2D eigenvalue weighted by atomic mass is 16.2. The summed E-state index contributed by atoms with van der Waals surface area (Å²) in [6.07, 6.45) is 8.96. The predicted octanol–water partition coefficient (Wildman–Crippen LogP) is 1.48. The summed E-state index contributed by atoms with van der Waals surface area (Å²) in [7, 11) is 2.14. The van der Waals surface area contributed by atoms with Crippen LogP contribution in [0.1, 0.15) is 31.2 Å². The van der Waals surface area contributed by atoms with Gasteiger partial charge in [0.1, 0.15) is 0 Å². The fourth-order valence-corrected chi connectivity index (χ4v) is 3.70. The molecule has 25 heavy (non-hydrogen) atoms. The molecule has 0 aromatic carbocycles. The number of urea groups is 1. The summed E-state index contributed by atoms with van der Waals surface area (Å²) in [6.45, 7) is 5.34. The minimum absolute atomic E-state index is 0.0183. The van der Waals surface area contributed by atoms with Crippen LogP contribution in [-0.2, 0) is 6.42 Å². The molecule has 138 valence electrons. The lowest BCUT2D eigenvalue weighted by molar-refractivity contribution is 0.187. The number of aromatic nitrogens is 1. The summed E-state index contributed by atoms with van der Waals surface area (Å²) in [6, 6.07) is 4.83. The summed E-state index contributed by atoms with van der Waals surface area (Å²) < 4.78 is 0. The number of nitrogens with zero attached hydrogens (tertiary/aromatic N) is 3. The first-order chi connectivity index (χ1) is 12.2. The highest BCUT2D eigenvalue weighted by Crippen LogP contribution is 2.12. The third-order valence-corrected chi connectivity index (χ3v) is 5.44. The van der Waals surface area contributed by atoms with Crippen molar-refractivity contribution in [3.05, 3.63) is 30.1 Å². The van der Waals surface area contributed by atoms with Gasteiger partial charge in [-0.3, -0.25) is 4.98 Å². The maximum absolute atomic E-state index is 12.2. The van der Waals surface area contributed by atoms with Crippen LogP contribution in [0.4, 0.5) is 4.79 Å². The number of carbonyl (C=O) groups excluding carboxylic acids is 1. The molecule has 3 heterocycles. The van der Waals surface area contributed by atoms with Gasteiger partial charge >= 0.3 is 6.03 Å². The molecule has 0 atom stereocenters. The van der Waals surface area contributed by atoms with E-state index in [9.17, 15) is 4.79 Å². The van der Waals surface area contributed by atoms with Crippen molar-refractivity contribution in [1.82, 2.24) is 25.4 Å². The molecule has 2 fully saturated rings. The number of hydrogen-bond acceptors (Lipinski definition) is 4. The molecule has 0 aliphatic carbocycles. The third kappa shape index (κ3) is 5.97. The minimum atomic E-state index is 0.0183. The van der Waals surface area contributed by atoms with Crippen LogP contribution in [0.15, 0.2) is 24.5 Å². The monoisotopic (exact) mass is 345 g/mol. The molecule has 0 unspecified atom stereocenters. The SMILES string of the molecule is CN1CCC(NC(=O)NC2CCN(CCc3ccncc3)CC2)CC1. The van der Waals surface area contributed by atoms with Crippen molar-refractivity contribution < 1.29 is 4.79 Å². The summed E-state index contributed by atoms with van der Waals surface area (Å²) in [5.41, 5.74) is 1.34. The Balaban J connectivity index is 1.31. The van der Waals surface area contributed by atoms with E-state index in [-0.39, 0.29) is 6.03 Å². The van der Waals surface area contributed by atoms with E-state index >= 15 is 0 Å². The first kappa shape index (κ1) is 18.1. The van der Waals surface area contributed by atoms with Gasteiger partial charge in [0.05, 0.1) is 0 Å². The van der Waals surface area contributed by atoms with Crippen LogP contribution >= 0.6 is 0 Å². The molecular weight excluding hydrogens is 314 g/mol. The third-order valence-electron chi connectivity index (χ3n) is 5.44. The summed E-state index contributed by atoms with van der Waals surface area (Å²) >= 11 is 0. The van der Waals surface area contributed by atoms with Crippen molar-refractivity contribution >= 4 is 6.03 Å². The van der Waals surface area contributed by atoms with Gasteiger partial charge in [0.15, 0.2) is 0 Å². The standard InChI is InChI=1S/C19H31N5O/c1-23-11-5-17(6-12-23)21-19(25)22-18-7-14-24(15-8-18)13-4-16-2-9-20-10-3-16/h2-3,9-10,17-18H,4-8,11-15H2,1H3,(H2,21,22,25). The molecule has 2 aliphatic heterocycles. The van der Waals surface area contributed by atoms with Crippen LogP contribution in [0.3, 0.4) is 0 Å². The van der Waals surface area contributed by atoms with E-state index in [1.807, 2.05) is 12.4 Å². The molecule has 2 N–H and O–H groups in total. The number of pyridine rings is 1. The Labute approximate surface area is 151 Å². The molecule has 2 aliphatic rings. The maximum atomic E-state index is 12.2. The van der Waals surface area contributed by atoms with Gasteiger partial charge < -0.3 is 20.4 Å². The Hall–Kier alpha value is -1.66. The summed E-state index contributed by atoms with van der Waals surface area (Å²) in [4.78, 5) is 21.1. The van der Waals surface area contributed by atoms with Crippen LogP contribution in [0.5, 0.6) is 0 Å². The Morgan fingerprint density at radius 3 is 2.20 bits per heavy atom. The van der Waals surface area contributed by atoms with Crippen LogP contribution in [0.2, 0.25) is 0 Å². The average Bonchev–Trinajstić information content (AvgIpc) is 2.64. The molecule has 0 bridgehead atoms. The van der Waals surface area contributed by atoms with Crippen molar-refractivity contribution in [2.24, 2.45) is 0 Å². The molecule has 1 aromatic heterocycles. The first-order valence-electron chi connectivity index (χ1n) is 9.56. The number of hydrogen-bond donors (Lipinski definition) is 2. The number of rotatable bonds is 5. The number of amides is 2. The Bertz CT molecular complexity index is 522. The van der Waals surface area contributed by atoms with Gasteiger partial charge in [-0.1, -0.05) is 0 Å². The predicted molar refractivity (Wildman–Crippen MR) is 99.6 cm³/mol. The van der Waals surface area contributed by atoms with Gasteiger partial charge in [0.25, 0.3) is 0 Å². The van der Waals surface area contributed by atoms with E-state index in [0.29, 0.717) is 12.1 Å². The van der Waals surface area contributed by atoms with E-state index in [0.717, 1.165) is 64.8 Å². The van der Waals surface area contributed by atoms with Crippen LogP contribution in [0, 0.1) is 0 Å². The van der Waals surface area contributed by atoms with E-state index in [2.05, 4.69) is 44.6 Å². The zero-order chi connectivity index (χ0) is 17.5. The summed E-state index contributed by atoms with van der Waals surface area (Å²) in [5.74, 6) is 0. The van der Waals surface area contributed by atoms with Gasteiger partial charge in [0, 0.05) is 44.1 Å². The molecule has 1 aromatic rings. The normalized spacial score (nSPS) is 21.2. The van der Waals surface area contributed by atoms with Crippen molar-refractivity contribution in [3.63, 3.8) is 0 Å². The number of likely N-dealkylation sites (tertiary alicyclic amines) is 2. The molecule has 2 saturated heterocycles. The smallest absolute Gasteiger partial charge is 0.315 e. The molecule has 2 amide bonds. The highest BCUT2D eigenvalue weighted by Gasteiger charge is 2.23. The van der Waals surface area contributed by atoms with Gasteiger partial charge in [-0.05, 0) is 69.9 Å². The van der Waals surface area contributed by atoms with E-state index in [4.69, 9.17) is 0 Å². The lowest BCUT2D eigenvalue weighted by Crippen LogP contribution is -2.52. The number of piperidine rings is 2. The van der Waals surface area contributed by atoms with Gasteiger partial charge in [-0.2, -0.15) is 0 Å². The fraction of sp³-hybridized carbons (Fsp3) is 0.684. The largest absolute Gasteiger partial charge is 0.335 e. The van der Waals surface area contributed by atoms with E-state index in [1.165, 1.54) is 5.56 Å². The number of carbonyl (C=O) groups is 1. The lowest BCUT2D eigenvalue weighted by atomic mass is 10.0. The molecule has 0 spiro atoms. The average molecular weight is 345 g/mol. The Morgan fingerprint density at radius 1 is 1.04 bits per heavy atom. The van der Waals surface area contributed by atoms with Crippen LogP contribution in [-0.4, -0.2) is 72.7 Å². The van der Waals surface area contributed by atoms with E-state index < -0.39 is 0 Å². The highest BCUT2D eigenvalue weighted by molar-refractivity contribution is 5.74. The first-order valence-corrected chi connectivity index (χ1v) is 9.56. The van der Waals surface area contributed by atoms with E-state index in [1.54, 1.807) is 0 Å². The van der Waals surface area contributed by atoms with Crippen LogP contribution < -0.4 is 10.6 Å². The van der Waals surface area contributed by atoms with Gasteiger partial charge in [-0.15, -0.1) is 0 Å². The van der Waals surface area contributed by atoms with Crippen LogP contribution in [0.25, 0.3) is 0 Å². The maximum Gasteiger partial charge on any atom is 0.315 e. The van der Waals surface area contributed by atoms with Gasteiger partial charge in [-0.25, -0.2) is 4.79 Å². The zero-order valence-corrected chi connectivity index (χ0v) is 15.3. The second-order valence-corrected chi connectivity index (χ2v) is 7.42. The second-order valence-electron chi connectivity index (χ2n) is 7.42. The van der Waals surface area contributed by atoms with Crippen molar-refractivity contribution in [3.8, 4) is 0 Å². The van der Waals surface area contributed by atoms with Gasteiger partial charge in [0.2, 0.25) is 0 Å². The molecule has 3 rings (SSSR count). The molecule has 6 heteroatoms. The lowest BCUT2D eigenvalue weighted by Gasteiger charge is -2.33. The Morgan fingerprint density at radius 2 is 1.60 bits per heavy atom. The zero-order valence-electron chi connectivity index (χ0n) is 15.3. The van der Waals surface area contributed by atoms with Crippen molar-refractivity contribution in [2.45, 2.75) is 44.2 Å². The molecule has 0 radical (unpaired) electrons. The number of nitrogens with one attached hydrogen (secondary N) is 2. The van der Waals surface area contributed by atoms with Crippen molar-refractivity contribution in [2.75, 3.05) is 39.8 Å². The van der Waals surface area contributed by atoms with Crippen molar-refractivity contribution in [1.29, 1.82) is 0 Å². The quantitative estimate of drug-likeness (QED) is 0.849. The minimum Gasteiger partial charge on any atom is -0.335 e. The molecular formula is C19H31N5O. The second kappa shape index (κ2) is 9.15.